The molecular weight excluding hydrogens is 722 g/mol. The minimum absolute atomic E-state index is 0.00102. The number of pyridine rings is 1. The Morgan fingerprint density at radius 3 is 2.50 bits per heavy atom. The third-order valence-electron chi connectivity index (χ3n) is 11.8. The molecule has 2 amide bonds. The number of phenols is 1. The van der Waals surface area contributed by atoms with Crippen molar-refractivity contribution in [3.8, 4) is 11.5 Å². The number of aromatic amines is 1. The number of anilines is 1. The van der Waals surface area contributed by atoms with Crippen LogP contribution in [0.15, 0.2) is 41.2 Å². The molecule has 2 aliphatic rings. The summed E-state index contributed by atoms with van der Waals surface area (Å²) in [6.07, 6.45) is 5.92. The molecule has 0 radical (unpaired) electrons. The molecule has 1 aliphatic heterocycles. The highest BCUT2D eigenvalue weighted by Gasteiger charge is 2.40. The highest BCUT2D eigenvalue weighted by molar-refractivity contribution is 6.74. The molecule has 0 bridgehead atoms. The Labute approximate surface area is 326 Å². The Morgan fingerprint density at radius 1 is 1.09 bits per heavy atom. The molecular formula is C41H60ClN5O6Si. The molecule has 2 fully saturated rings. The summed E-state index contributed by atoms with van der Waals surface area (Å²) in [5, 5.41) is 18.0. The Kier molecular flexibility index (Phi) is 13.9. The molecule has 1 aliphatic carbocycles. The van der Waals surface area contributed by atoms with Gasteiger partial charge >= 0.3 is 0 Å². The van der Waals surface area contributed by atoms with Crippen molar-refractivity contribution in [2.45, 2.75) is 96.5 Å². The number of H-pyrrole nitrogens is 1. The number of ether oxygens (including phenoxy) is 1. The number of aromatic hydroxyl groups is 1. The van der Waals surface area contributed by atoms with Crippen molar-refractivity contribution in [2.24, 2.45) is 11.8 Å². The number of amides is 2. The number of nitrogens with one attached hydrogen (secondary N) is 3. The van der Waals surface area contributed by atoms with Gasteiger partial charge in [-0.3, -0.25) is 14.4 Å². The summed E-state index contributed by atoms with van der Waals surface area (Å²) >= 11 is 6.69. The van der Waals surface area contributed by atoms with E-state index in [2.05, 4.69) is 54.4 Å². The first-order valence-electron chi connectivity index (χ1n) is 19.4. The van der Waals surface area contributed by atoms with E-state index in [1.807, 2.05) is 13.1 Å². The smallest absolute Gasteiger partial charge is 0.248 e. The molecule has 3 aromatic rings. The van der Waals surface area contributed by atoms with Gasteiger partial charge in [0, 0.05) is 82.2 Å². The van der Waals surface area contributed by atoms with Crippen molar-refractivity contribution in [3.05, 3.63) is 62.9 Å². The number of aromatic nitrogens is 1. The van der Waals surface area contributed by atoms with Gasteiger partial charge in [0.2, 0.25) is 17.4 Å². The van der Waals surface area contributed by atoms with E-state index in [4.69, 9.17) is 20.8 Å². The van der Waals surface area contributed by atoms with Gasteiger partial charge in [0.1, 0.15) is 11.5 Å². The molecule has 2 aromatic carbocycles. The summed E-state index contributed by atoms with van der Waals surface area (Å²) in [7, 11) is 1.18. The van der Waals surface area contributed by atoms with Crippen LogP contribution >= 0.6 is 11.6 Å². The van der Waals surface area contributed by atoms with Crippen molar-refractivity contribution >= 4 is 48.3 Å². The zero-order valence-corrected chi connectivity index (χ0v) is 34.9. The molecule has 5 rings (SSSR count). The van der Waals surface area contributed by atoms with Gasteiger partial charge in [-0.1, -0.05) is 44.9 Å². The summed E-state index contributed by atoms with van der Waals surface area (Å²) in [6.45, 7) is 15.5. The van der Waals surface area contributed by atoms with Crippen molar-refractivity contribution in [1.82, 2.24) is 20.1 Å². The number of carbonyl (C=O) groups is 2. The molecule has 54 heavy (non-hydrogen) atoms. The Morgan fingerprint density at radius 2 is 1.81 bits per heavy atom. The monoisotopic (exact) mass is 781 g/mol. The second kappa shape index (κ2) is 18.0. The van der Waals surface area contributed by atoms with E-state index in [0.717, 1.165) is 54.4 Å². The molecule has 3 atom stereocenters. The summed E-state index contributed by atoms with van der Waals surface area (Å²) in [6, 6.07) is 10.2. The number of hydrogen-bond acceptors (Lipinski definition) is 8. The summed E-state index contributed by atoms with van der Waals surface area (Å²) < 4.78 is 12.6. The van der Waals surface area contributed by atoms with E-state index in [0.29, 0.717) is 60.9 Å². The van der Waals surface area contributed by atoms with E-state index in [1.165, 1.54) is 25.3 Å². The highest BCUT2D eigenvalue weighted by atomic mass is 35.5. The second-order valence-electron chi connectivity index (χ2n) is 16.7. The van der Waals surface area contributed by atoms with E-state index < -0.39 is 8.32 Å². The summed E-state index contributed by atoms with van der Waals surface area (Å²) in [5.74, 6) is 2.26. The molecule has 4 N–H and O–H groups in total. The van der Waals surface area contributed by atoms with Crippen LogP contribution in [-0.4, -0.2) is 86.9 Å². The van der Waals surface area contributed by atoms with Crippen LogP contribution in [-0.2, 0) is 20.6 Å². The SMILES string of the molecule is COc1cc(NC(=O)CCCCN(C)C(=O)CCN2CC3CCCC3C2)c(Cl)cc1CNC[C@H](O[Si](C)(C)C(C)(C)C)c1ccc(O)c2[nH]c(=O)ccc12. The molecule has 1 saturated carbocycles. The molecule has 296 valence electrons. The fourth-order valence-electron chi connectivity index (χ4n) is 7.58. The van der Waals surface area contributed by atoms with Crippen LogP contribution in [0.5, 0.6) is 11.5 Å². The van der Waals surface area contributed by atoms with Crippen molar-refractivity contribution < 1.29 is 23.9 Å². The van der Waals surface area contributed by atoms with E-state index in [9.17, 15) is 19.5 Å². The maximum Gasteiger partial charge on any atom is 0.248 e. The highest BCUT2D eigenvalue weighted by Crippen LogP contribution is 2.41. The quantitative estimate of drug-likeness (QED) is 0.0821. The van der Waals surface area contributed by atoms with Crippen LogP contribution in [0.1, 0.15) is 82.9 Å². The minimum Gasteiger partial charge on any atom is -0.506 e. The molecule has 11 nitrogen and oxygen atoms in total. The fraction of sp³-hybridized carbons (Fsp3) is 0.585. The van der Waals surface area contributed by atoms with Gasteiger partial charge in [-0.05, 0) is 79.4 Å². The van der Waals surface area contributed by atoms with Crippen molar-refractivity contribution in [3.63, 3.8) is 0 Å². The Balaban J connectivity index is 1.13. The van der Waals surface area contributed by atoms with Crippen LogP contribution in [0, 0.1) is 11.8 Å². The zero-order chi connectivity index (χ0) is 39.2. The van der Waals surface area contributed by atoms with E-state index in [1.54, 1.807) is 36.3 Å². The molecule has 0 spiro atoms. The third-order valence-corrected chi connectivity index (χ3v) is 16.6. The number of phenolic OH excluding ortho intramolecular Hbond substituents is 1. The maximum absolute atomic E-state index is 12.9. The van der Waals surface area contributed by atoms with Crippen LogP contribution in [0.25, 0.3) is 10.9 Å². The number of fused-ring (bicyclic) bond motifs is 2. The van der Waals surface area contributed by atoms with Crippen LogP contribution in [0.2, 0.25) is 23.2 Å². The maximum atomic E-state index is 12.9. The molecule has 1 aromatic heterocycles. The normalized spacial score (nSPS) is 18.1. The predicted octanol–water partition coefficient (Wildman–Crippen LogP) is 7.44. The van der Waals surface area contributed by atoms with Gasteiger partial charge in [0.15, 0.2) is 8.32 Å². The Hall–Kier alpha value is -3.42. The summed E-state index contributed by atoms with van der Waals surface area (Å²) in [4.78, 5) is 44.7. The van der Waals surface area contributed by atoms with Gasteiger partial charge < -0.3 is 39.7 Å². The number of hydrogen-bond donors (Lipinski definition) is 4. The van der Waals surface area contributed by atoms with Gasteiger partial charge in [0.25, 0.3) is 0 Å². The number of benzene rings is 2. The number of methoxy groups -OCH3 is 1. The van der Waals surface area contributed by atoms with Gasteiger partial charge in [0.05, 0.1) is 29.4 Å². The molecule has 13 heteroatoms. The topological polar surface area (TPSA) is 136 Å². The van der Waals surface area contributed by atoms with Gasteiger partial charge in [-0.15, -0.1) is 0 Å². The van der Waals surface area contributed by atoms with E-state index in [-0.39, 0.29) is 34.3 Å². The standard InChI is InChI=1S/C41H60ClN5O6Si/c1-41(2,3)54(6,7)53-36(30-14-16-34(48)40-31(30)15-17-38(50)45-40)24-43-23-29-21-32(42)33(22-35(29)52-5)44-37(49)13-8-9-19-46(4)39(51)18-20-47-25-27-11-10-12-28(27)26-47/h14-17,21-22,27-28,36,43,48H,8-13,18-20,23-26H2,1-7H3,(H,44,49)(H,45,50)/t27?,28?,36-/m0/s1. The van der Waals surface area contributed by atoms with E-state index >= 15 is 0 Å². The number of halogens is 1. The second-order valence-corrected chi connectivity index (χ2v) is 21.9. The van der Waals surface area contributed by atoms with Crippen LogP contribution < -0.4 is 20.9 Å². The fourth-order valence-corrected chi connectivity index (χ4v) is 9.08. The molecule has 2 heterocycles. The first-order valence-corrected chi connectivity index (χ1v) is 22.7. The lowest BCUT2D eigenvalue weighted by atomic mass is 10.0. The zero-order valence-electron chi connectivity index (χ0n) is 33.1. The van der Waals surface area contributed by atoms with Crippen LogP contribution in [0.3, 0.4) is 0 Å². The minimum atomic E-state index is -2.26. The number of carbonyl (C=O) groups excluding carboxylic acids is 2. The molecule has 1 saturated heterocycles. The number of likely N-dealkylation sites (tertiary alicyclic amines) is 1. The lowest BCUT2D eigenvalue weighted by Gasteiger charge is -2.39. The molecule has 2 unspecified atom stereocenters. The number of nitrogens with zero attached hydrogens (tertiary/aromatic N) is 2. The van der Waals surface area contributed by atoms with Crippen molar-refractivity contribution in [1.29, 1.82) is 0 Å². The average molecular weight is 782 g/mol. The number of rotatable bonds is 17. The van der Waals surface area contributed by atoms with Gasteiger partial charge in [-0.25, -0.2) is 0 Å². The lowest BCUT2D eigenvalue weighted by molar-refractivity contribution is -0.130. The lowest BCUT2D eigenvalue weighted by Crippen LogP contribution is -2.43. The first-order chi connectivity index (χ1) is 25.6. The Bertz CT molecular complexity index is 1830. The third kappa shape index (κ3) is 10.5. The van der Waals surface area contributed by atoms with Crippen molar-refractivity contribution in [2.75, 3.05) is 52.2 Å². The first kappa shape index (κ1) is 41.7. The summed E-state index contributed by atoms with van der Waals surface area (Å²) in [5.41, 5.74) is 2.23. The van der Waals surface area contributed by atoms with Gasteiger partial charge in [-0.2, -0.15) is 0 Å². The predicted molar refractivity (Wildman–Crippen MR) is 219 cm³/mol. The number of unbranched alkanes of at least 4 members (excludes halogenated alkanes) is 1. The largest absolute Gasteiger partial charge is 0.506 e. The van der Waals surface area contributed by atoms with Crippen LogP contribution in [0.4, 0.5) is 5.69 Å². The average Bonchev–Trinajstić information content (AvgIpc) is 3.72.